The Kier molecular flexibility index (Phi) is 6.84. The zero-order chi connectivity index (χ0) is 12.6. The van der Waals surface area contributed by atoms with Crippen LogP contribution in [-0.4, -0.2) is 61.8 Å². The summed E-state index contributed by atoms with van der Waals surface area (Å²) in [4.78, 5) is 2.65. The molecule has 0 aromatic rings. The lowest BCUT2D eigenvalue weighted by atomic mass is 9.95. The fraction of sp³-hybridized carbons (Fsp3) is 1.00. The summed E-state index contributed by atoms with van der Waals surface area (Å²) in [5.41, 5.74) is 0. The Labute approximate surface area is 116 Å². The van der Waals surface area contributed by atoms with E-state index in [1.807, 2.05) is 0 Å². The van der Waals surface area contributed by atoms with Crippen LogP contribution in [0.5, 0.6) is 0 Å². The highest BCUT2D eigenvalue weighted by Gasteiger charge is 2.27. The van der Waals surface area contributed by atoms with E-state index < -0.39 is 0 Å². The predicted octanol–water partition coefficient (Wildman–Crippen LogP) is 1.83. The molecular formula is C14H28N2OS. The van der Waals surface area contributed by atoms with Crippen LogP contribution in [0.15, 0.2) is 0 Å². The van der Waals surface area contributed by atoms with Crippen LogP contribution in [0.2, 0.25) is 0 Å². The fourth-order valence-electron chi connectivity index (χ4n) is 2.89. The van der Waals surface area contributed by atoms with E-state index >= 15 is 0 Å². The molecule has 2 heterocycles. The SMILES string of the molecule is CCCNC1CCOCC1CN1CCCSCC1. The summed E-state index contributed by atoms with van der Waals surface area (Å²) in [7, 11) is 0. The Morgan fingerprint density at radius 3 is 3.17 bits per heavy atom. The average Bonchev–Trinajstić information content (AvgIpc) is 2.66. The van der Waals surface area contributed by atoms with Gasteiger partial charge in [0.15, 0.2) is 0 Å². The molecule has 106 valence electrons. The number of hydrogen-bond donors (Lipinski definition) is 1. The van der Waals surface area contributed by atoms with Crippen LogP contribution in [0.3, 0.4) is 0 Å². The largest absolute Gasteiger partial charge is 0.381 e. The minimum absolute atomic E-state index is 0.676. The summed E-state index contributed by atoms with van der Waals surface area (Å²) in [6, 6.07) is 0.676. The van der Waals surface area contributed by atoms with E-state index in [1.165, 1.54) is 50.4 Å². The number of hydrogen-bond acceptors (Lipinski definition) is 4. The number of ether oxygens (including phenoxy) is 1. The Bertz CT molecular complexity index is 220. The molecule has 0 aromatic heterocycles. The quantitative estimate of drug-likeness (QED) is 0.825. The van der Waals surface area contributed by atoms with Crippen molar-refractivity contribution in [1.82, 2.24) is 10.2 Å². The highest BCUT2D eigenvalue weighted by atomic mass is 32.2. The predicted molar refractivity (Wildman–Crippen MR) is 79.4 cm³/mol. The zero-order valence-electron chi connectivity index (χ0n) is 11.7. The molecule has 2 unspecified atom stereocenters. The van der Waals surface area contributed by atoms with Crippen molar-refractivity contribution >= 4 is 11.8 Å². The first-order chi connectivity index (χ1) is 8.90. The minimum Gasteiger partial charge on any atom is -0.381 e. The van der Waals surface area contributed by atoms with Crippen molar-refractivity contribution in [2.45, 2.75) is 32.2 Å². The second-order valence-corrected chi connectivity index (χ2v) is 6.68. The topological polar surface area (TPSA) is 24.5 Å². The summed E-state index contributed by atoms with van der Waals surface area (Å²) in [5, 5.41) is 3.71. The fourth-order valence-corrected chi connectivity index (χ4v) is 3.81. The molecule has 2 rings (SSSR count). The first-order valence-electron chi connectivity index (χ1n) is 7.51. The van der Waals surface area contributed by atoms with Crippen molar-refractivity contribution in [3.05, 3.63) is 0 Å². The van der Waals surface area contributed by atoms with Gasteiger partial charge in [-0.3, -0.25) is 0 Å². The molecular weight excluding hydrogens is 244 g/mol. The normalized spacial score (nSPS) is 31.2. The standard InChI is InChI=1S/C14H28N2OS/c1-2-5-15-14-4-8-17-12-13(14)11-16-6-3-9-18-10-7-16/h13-15H,2-12H2,1H3. The van der Waals surface area contributed by atoms with Gasteiger partial charge in [-0.25, -0.2) is 0 Å². The molecule has 4 heteroatoms. The molecule has 0 saturated carbocycles. The van der Waals surface area contributed by atoms with E-state index in [-0.39, 0.29) is 0 Å². The molecule has 18 heavy (non-hydrogen) atoms. The highest BCUT2D eigenvalue weighted by molar-refractivity contribution is 7.99. The van der Waals surface area contributed by atoms with Gasteiger partial charge in [0.1, 0.15) is 0 Å². The second kappa shape index (κ2) is 8.41. The van der Waals surface area contributed by atoms with E-state index in [0.717, 1.165) is 19.8 Å². The molecule has 0 amide bonds. The highest BCUT2D eigenvalue weighted by Crippen LogP contribution is 2.18. The maximum absolute atomic E-state index is 5.69. The van der Waals surface area contributed by atoms with Crippen molar-refractivity contribution in [3.63, 3.8) is 0 Å². The molecule has 2 saturated heterocycles. The third kappa shape index (κ3) is 4.72. The first kappa shape index (κ1) is 14.6. The van der Waals surface area contributed by atoms with Gasteiger partial charge in [-0.15, -0.1) is 0 Å². The Balaban J connectivity index is 1.79. The third-order valence-electron chi connectivity index (χ3n) is 3.94. The van der Waals surface area contributed by atoms with Gasteiger partial charge in [0.05, 0.1) is 6.61 Å². The Morgan fingerprint density at radius 1 is 1.33 bits per heavy atom. The van der Waals surface area contributed by atoms with Crippen LogP contribution in [0.25, 0.3) is 0 Å². The van der Waals surface area contributed by atoms with Crippen molar-refractivity contribution in [3.8, 4) is 0 Å². The van der Waals surface area contributed by atoms with Crippen LogP contribution < -0.4 is 5.32 Å². The van der Waals surface area contributed by atoms with Gasteiger partial charge in [-0.05, 0) is 38.1 Å². The van der Waals surface area contributed by atoms with Gasteiger partial charge in [-0.2, -0.15) is 11.8 Å². The van der Waals surface area contributed by atoms with Crippen molar-refractivity contribution in [1.29, 1.82) is 0 Å². The molecule has 2 atom stereocenters. The molecule has 0 spiro atoms. The molecule has 1 N–H and O–H groups in total. The molecule has 0 aromatic carbocycles. The van der Waals surface area contributed by atoms with E-state index in [9.17, 15) is 0 Å². The van der Waals surface area contributed by atoms with Gasteiger partial charge in [-0.1, -0.05) is 6.92 Å². The van der Waals surface area contributed by atoms with Gasteiger partial charge in [0.25, 0.3) is 0 Å². The molecule has 2 aliphatic heterocycles. The monoisotopic (exact) mass is 272 g/mol. The zero-order valence-corrected chi connectivity index (χ0v) is 12.5. The van der Waals surface area contributed by atoms with Crippen LogP contribution in [0.4, 0.5) is 0 Å². The van der Waals surface area contributed by atoms with E-state index in [4.69, 9.17) is 4.74 Å². The van der Waals surface area contributed by atoms with Gasteiger partial charge in [0.2, 0.25) is 0 Å². The van der Waals surface area contributed by atoms with Crippen molar-refractivity contribution in [2.24, 2.45) is 5.92 Å². The number of thioether (sulfide) groups is 1. The molecule has 0 radical (unpaired) electrons. The van der Waals surface area contributed by atoms with Crippen molar-refractivity contribution < 1.29 is 4.74 Å². The Morgan fingerprint density at radius 2 is 2.28 bits per heavy atom. The number of rotatable bonds is 5. The second-order valence-electron chi connectivity index (χ2n) is 5.45. The number of nitrogens with zero attached hydrogens (tertiary/aromatic N) is 1. The van der Waals surface area contributed by atoms with Crippen LogP contribution in [-0.2, 0) is 4.74 Å². The van der Waals surface area contributed by atoms with Crippen LogP contribution >= 0.6 is 11.8 Å². The summed E-state index contributed by atoms with van der Waals surface area (Å²) >= 11 is 2.11. The molecule has 0 bridgehead atoms. The molecule has 0 aliphatic carbocycles. The van der Waals surface area contributed by atoms with E-state index in [0.29, 0.717) is 12.0 Å². The lowest BCUT2D eigenvalue weighted by Crippen LogP contribution is -2.48. The van der Waals surface area contributed by atoms with Gasteiger partial charge < -0.3 is 15.0 Å². The molecule has 3 nitrogen and oxygen atoms in total. The number of nitrogens with one attached hydrogen (secondary N) is 1. The Hall–Kier alpha value is 0.230. The maximum atomic E-state index is 5.69. The van der Waals surface area contributed by atoms with Crippen LogP contribution in [0.1, 0.15) is 26.2 Å². The average molecular weight is 272 g/mol. The summed E-state index contributed by atoms with van der Waals surface area (Å²) < 4.78 is 5.69. The smallest absolute Gasteiger partial charge is 0.0521 e. The minimum atomic E-state index is 0.676. The third-order valence-corrected chi connectivity index (χ3v) is 4.99. The molecule has 2 fully saturated rings. The lowest BCUT2D eigenvalue weighted by molar-refractivity contribution is 0.0176. The summed E-state index contributed by atoms with van der Waals surface area (Å²) in [5.74, 6) is 3.34. The summed E-state index contributed by atoms with van der Waals surface area (Å²) in [6.07, 6.45) is 3.77. The molecule has 2 aliphatic rings. The van der Waals surface area contributed by atoms with Crippen molar-refractivity contribution in [2.75, 3.05) is 50.9 Å². The first-order valence-corrected chi connectivity index (χ1v) is 8.67. The lowest BCUT2D eigenvalue weighted by Gasteiger charge is -2.35. The van der Waals surface area contributed by atoms with Crippen LogP contribution in [0, 0.1) is 5.92 Å². The maximum Gasteiger partial charge on any atom is 0.0521 e. The van der Waals surface area contributed by atoms with E-state index in [1.54, 1.807) is 0 Å². The summed E-state index contributed by atoms with van der Waals surface area (Å²) in [6.45, 7) is 9.05. The van der Waals surface area contributed by atoms with E-state index in [2.05, 4.69) is 28.9 Å². The van der Waals surface area contributed by atoms with Gasteiger partial charge >= 0.3 is 0 Å². The van der Waals surface area contributed by atoms with Gasteiger partial charge in [0, 0.05) is 37.4 Å².